The van der Waals surface area contributed by atoms with Crippen molar-refractivity contribution in [3.8, 4) is 5.69 Å². The van der Waals surface area contributed by atoms with Gasteiger partial charge in [-0.05, 0) is 62.6 Å². The zero-order valence-electron chi connectivity index (χ0n) is 15.3. The summed E-state index contributed by atoms with van der Waals surface area (Å²) in [7, 11) is 0. The number of carbonyl (C=O) groups excluding carboxylic acids is 2. The van der Waals surface area contributed by atoms with Gasteiger partial charge in [-0.15, -0.1) is 0 Å². The summed E-state index contributed by atoms with van der Waals surface area (Å²) >= 11 is 0. The first-order chi connectivity index (χ1) is 11.9. The smallest absolute Gasteiger partial charge is 0.338 e. The van der Waals surface area contributed by atoms with Gasteiger partial charge < -0.3 is 14.6 Å². The van der Waals surface area contributed by atoms with Crippen LogP contribution in [-0.2, 0) is 9.53 Å². The normalized spacial score (nSPS) is 10.8. The highest BCUT2D eigenvalue weighted by Gasteiger charge is 2.11. The fourth-order valence-electron chi connectivity index (χ4n) is 2.59. The minimum atomic E-state index is -0.494. The van der Waals surface area contributed by atoms with E-state index in [2.05, 4.69) is 35.9 Å². The van der Waals surface area contributed by atoms with Gasteiger partial charge in [0.2, 0.25) is 0 Å². The molecule has 0 fully saturated rings. The standard InChI is InChI=1S/C20H26N2O3/c1-14(2)11-12-21-19(23)13-25-20(24)17-7-9-18(10-8-17)22-15(3)5-6-16(22)4/h5-10,14H,11-13H2,1-4H3,(H,21,23). The molecule has 2 rings (SSSR count). The number of hydrogen-bond donors (Lipinski definition) is 1. The first kappa shape index (κ1) is 18.8. The van der Waals surface area contributed by atoms with Crippen molar-refractivity contribution in [1.29, 1.82) is 0 Å². The van der Waals surface area contributed by atoms with Crippen LogP contribution in [0.2, 0.25) is 0 Å². The second kappa shape index (κ2) is 8.51. The second-order valence-corrected chi connectivity index (χ2v) is 6.61. The molecule has 1 N–H and O–H groups in total. The minimum absolute atomic E-state index is 0.255. The number of aromatic nitrogens is 1. The van der Waals surface area contributed by atoms with E-state index in [9.17, 15) is 9.59 Å². The molecular weight excluding hydrogens is 316 g/mol. The SMILES string of the molecule is Cc1ccc(C)n1-c1ccc(C(=O)OCC(=O)NCCC(C)C)cc1. The molecule has 0 saturated carbocycles. The van der Waals surface area contributed by atoms with Crippen molar-refractivity contribution >= 4 is 11.9 Å². The van der Waals surface area contributed by atoms with Crippen LogP contribution in [0.5, 0.6) is 0 Å². The lowest BCUT2D eigenvalue weighted by molar-refractivity contribution is -0.124. The van der Waals surface area contributed by atoms with Gasteiger partial charge in [-0.2, -0.15) is 0 Å². The predicted molar refractivity (Wildman–Crippen MR) is 98.0 cm³/mol. The number of ether oxygens (including phenoxy) is 1. The molecule has 1 heterocycles. The largest absolute Gasteiger partial charge is 0.452 e. The van der Waals surface area contributed by atoms with Gasteiger partial charge in [0.1, 0.15) is 0 Å². The fraction of sp³-hybridized carbons (Fsp3) is 0.400. The molecule has 1 amide bonds. The van der Waals surface area contributed by atoms with Crippen molar-refractivity contribution in [2.45, 2.75) is 34.1 Å². The highest BCUT2D eigenvalue weighted by molar-refractivity contribution is 5.91. The van der Waals surface area contributed by atoms with E-state index in [-0.39, 0.29) is 12.5 Å². The van der Waals surface area contributed by atoms with Crippen LogP contribution in [0.25, 0.3) is 5.69 Å². The van der Waals surface area contributed by atoms with Gasteiger partial charge >= 0.3 is 5.97 Å². The Morgan fingerprint density at radius 3 is 2.20 bits per heavy atom. The molecule has 134 valence electrons. The van der Waals surface area contributed by atoms with Crippen LogP contribution < -0.4 is 5.32 Å². The van der Waals surface area contributed by atoms with Crippen LogP contribution >= 0.6 is 0 Å². The Morgan fingerprint density at radius 1 is 1.04 bits per heavy atom. The van der Waals surface area contributed by atoms with Gasteiger partial charge in [0.25, 0.3) is 5.91 Å². The highest BCUT2D eigenvalue weighted by Crippen LogP contribution is 2.17. The molecule has 0 aliphatic carbocycles. The van der Waals surface area contributed by atoms with Crippen LogP contribution in [0.15, 0.2) is 36.4 Å². The number of amides is 1. The molecular formula is C20H26N2O3. The summed E-state index contributed by atoms with van der Waals surface area (Å²) in [4.78, 5) is 23.7. The molecule has 1 aromatic carbocycles. The fourth-order valence-corrected chi connectivity index (χ4v) is 2.59. The first-order valence-electron chi connectivity index (χ1n) is 8.57. The Kier molecular flexibility index (Phi) is 6.39. The predicted octanol–water partition coefficient (Wildman–Crippen LogP) is 3.41. The third-order valence-electron chi connectivity index (χ3n) is 4.01. The first-order valence-corrected chi connectivity index (χ1v) is 8.57. The van der Waals surface area contributed by atoms with E-state index in [0.29, 0.717) is 18.0 Å². The molecule has 1 aromatic heterocycles. The highest BCUT2D eigenvalue weighted by atomic mass is 16.5. The summed E-state index contributed by atoms with van der Waals surface area (Å²) in [6, 6.07) is 11.3. The Hall–Kier alpha value is -2.56. The lowest BCUT2D eigenvalue weighted by Crippen LogP contribution is -2.30. The molecule has 0 aliphatic rings. The van der Waals surface area contributed by atoms with E-state index < -0.39 is 5.97 Å². The summed E-state index contributed by atoms with van der Waals surface area (Å²) in [5.41, 5.74) is 3.68. The van der Waals surface area contributed by atoms with Crippen molar-refractivity contribution in [2.24, 2.45) is 5.92 Å². The van der Waals surface area contributed by atoms with Gasteiger partial charge in [-0.25, -0.2) is 4.79 Å². The van der Waals surface area contributed by atoms with E-state index in [4.69, 9.17) is 4.74 Å². The van der Waals surface area contributed by atoms with E-state index >= 15 is 0 Å². The molecule has 5 nitrogen and oxygen atoms in total. The number of carbonyl (C=O) groups is 2. The molecule has 2 aromatic rings. The Bertz CT molecular complexity index is 710. The average molecular weight is 342 g/mol. The summed E-state index contributed by atoms with van der Waals surface area (Å²) in [5, 5.41) is 2.74. The Labute approximate surface area is 149 Å². The van der Waals surface area contributed by atoms with Crippen LogP contribution in [0.3, 0.4) is 0 Å². The molecule has 0 unspecified atom stereocenters. The van der Waals surface area contributed by atoms with Crippen molar-refractivity contribution < 1.29 is 14.3 Å². The van der Waals surface area contributed by atoms with E-state index in [0.717, 1.165) is 23.5 Å². The molecule has 0 aliphatic heterocycles. The van der Waals surface area contributed by atoms with Crippen LogP contribution in [0.1, 0.15) is 42.0 Å². The van der Waals surface area contributed by atoms with Crippen LogP contribution in [0, 0.1) is 19.8 Å². The number of aryl methyl sites for hydroxylation is 2. The monoisotopic (exact) mass is 342 g/mol. The third-order valence-corrected chi connectivity index (χ3v) is 4.01. The molecule has 0 atom stereocenters. The third kappa shape index (κ3) is 5.21. The number of hydrogen-bond acceptors (Lipinski definition) is 3. The van der Waals surface area contributed by atoms with E-state index in [1.165, 1.54) is 0 Å². The number of rotatable bonds is 7. The quantitative estimate of drug-likeness (QED) is 0.785. The van der Waals surface area contributed by atoms with Crippen molar-refractivity contribution in [3.63, 3.8) is 0 Å². The second-order valence-electron chi connectivity index (χ2n) is 6.61. The molecule has 25 heavy (non-hydrogen) atoms. The van der Waals surface area contributed by atoms with Gasteiger partial charge in [-0.1, -0.05) is 13.8 Å². The Morgan fingerprint density at radius 2 is 1.64 bits per heavy atom. The van der Waals surface area contributed by atoms with Crippen molar-refractivity contribution in [1.82, 2.24) is 9.88 Å². The zero-order valence-corrected chi connectivity index (χ0v) is 15.3. The van der Waals surface area contributed by atoms with Gasteiger partial charge in [0, 0.05) is 23.6 Å². The van der Waals surface area contributed by atoms with Crippen LogP contribution in [-0.4, -0.2) is 29.6 Å². The number of benzene rings is 1. The molecule has 0 bridgehead atoms. The van der Waals surface area contributed by atoms with Gasteiger partial charge in [0.05, 0.1) is 5.56 Å². The molecule has 0 radical (unpaired) electrons. The lowest BCUT2D eigenvalue weighted by Gasteiger charge is -2.10. The number of nitrogens with one attached hydrogen (secondary N) is 1. The summed E-state index contributed by atoms with van der Waals surface area (Å²) in [5.74, 6) is -0.246. The topological polar surface area (TPSA) is 60.3 Å². The molecule has 0 spiro atoms. The lowest BCUT2D eigenvalue weighted by atomic mass is 10.1. The minimum Gasteiger partial charge on any atom is -0.452 e. The van der Waals surface area contributed by atoms with Gasteiger partial charge in [0.15, 0.2) is 6.61 Å². The molecule has 5 heteroatoms. The zero-order chi connectivity index (χ0) is 18.4. The molecule has 0 saturated heterocycles. The average Bonchev–Trinajstić information content (AvgIpc) is 2.91. The maximum Gasteiger partial charge on any atom is 0.338 e. The number of nitrogens with zero attached hydrogens (tertiary/aromatic N) is 1. The van der Waals surface area contributed by atoms with Gasteiger partial charge in [-0.3, -0.25) is 4.79 Å². The van der Waals surface area contributed by atoms with E-state index in [1.54, 1.807) is 12.1 Å². The van der Waals surface area contributed by atoms with Crippen LogP contribution in [0.4, 0.5) is 0 Å². The van der Waals surface area contributed by atoms with Crippen molar-refractivity contribution in [2.75, 3.05) is 13.2 Å². The number of esters is 1. The maximum absolute atomic E-state index is 12.1. The maximum atomic E-state index is 12.1. The summed E-state index contributed by atoms with van der Waals surface area (Å²) in [6.07, 6.45) is 0.902. The van der Waals surface area contributed by atoms with Crippen molar-refractivity contribution in [3.05, 3.63) is 53.3 Å². The Balaban J connectivity index is 1.89. The summed E-state index contributed by atoms with van der Waals surface area (Å²) < 4.78 is 7.18. The summed E-state index contributed by atoms with van der Waals surface area (Å²) in [6.45, 7) is 8.59. The van der Waals surface area contributed by atoms with E-state index in [1.807, 2.05) is 26.0 Å².